The Bertz CT molecular complexity index is 1010. The van der Waals surface area contributed by atoms with Gasteiger partial charge in [-0.1, -0.05) is 91.0 Å². The SMILES string of the molecule is O=C(C[C@H](CCOCc1ccccc1)c1ccccc1)N1C(=O)OC[C@H]1c1ccccc1. The lowest BCUT2D eigenvalue weighted by molar-refractivity contribution is -0.129. The van der Waals surface area contributed by atoms with Crippen molar-refractivity contribution in [3.05, 3.63) is 108 Å². The minimum Gasteiger partial charge on any atom is -0.446 e. The number of hydrogen-bond acceptors (Lipinski definition) is 4. The Hall–Kier alpha value is -3.44. The first-order valence-corrected chi connectivity index (χ1v) is 10.9. The summed E-state index contributed by atoms with van der Waals surface area (Å²) in [6.45, 7) is 1.24. The molecule has 1 aliphatic heterocycles. The first-order valence-electron chi connectivity index (χ1n) is 10.9. The Kier molecular flexibility index (Phi) is 7.31. The van der Waals surface area contributed by atoms with E-state index in [0.29, 0.717) is 19.6 Å². The average Bonchev–Trinajstić information content (AvgIpc) is 3.24. The molecule has 0 bridgehead atoms. The quantitative estimate of drug-likeness (QED) is 0.422. The van der Waals surface area contributed by atoms with Crippen molar-refractivity contribution in [1.82, 2.24) is 4.90 Å². The first-order chi connectivity index (χ1) is 15.7. The van der Waals surface area contributed by atoms with Crippen LogP contribution >= 0.6 is 0 Å². The largest absolute Gasteiger partial charge is 0.446 e. The van der Waals surface area contributed by atoms with Gasteiger partial charge in [-0.25, -0.2) is 9.69 Å². The standard InChI is InChI=1S/C27H27NO4/c29-26(28-25(20-32-27(28)30)23-14-8-3-9-15-23)18-24(22-12-6-2-7-13-22)16-17-31-19-21-10-4-1-5-11-21/h1-15,24-25H,16-20H2/t24-,25-/m0/s1. The molecule has 3 aromatic carbocycles. The molecule has 0 saturated carbocycles. The number of rotatable bonds is 9. The molecule has 1 saturated heterocycles. The molecule has 1 aliphatic rings. The van der Waals surface area contributed by atoms with Gasteiger partial charge in [-0.15, -0.1) is 0 Å². The number of benzene rings is 3. The Balaban J connectivity index is 1.43. The Labute approximate surface area is 188 Å². The number of nitrogens with zero attached hydrogens (tertiary/aromatic N) is 1. The highest BCUT2D eigenvalue weighted by atomic mass is 16.6. The van der Waals surface area contributed by atoms with Crippen LogP contribution in [0.5, 0.6) is 0 Å². The van der Waals surface area contributed by atoms with Crippen molar-refractivity contribution < 1.29 is 19.1 Å². The first kappa shape index (κ1) is 21.8. The molecule has 1 fully saturated rings. The molecule has 2 atom stereocenters. The second kappa shape index (κ2) is 10.7. The van der Waals surface area contributed by atoms with Crippen LogP contribution in [0.15, 0.2) is 91.0 Å². The van der Waals surface area contributed by atoms with Gasteiger partial charge in [0.25, 0.3) is 0 Å². The van der Waals surface area contributed by atoms with Crippen molar-refractivity contribution in [3.63, 3.8) is 0 Å². The van der Waals surface area contributed by atoms with Crippen LogP contribution in [0.1, 0.15) is 41.5 Å². The summed E-state index contributed by atoms with van der Waals surface area (Å²) in [6.07, 6.45) is 0.328. The lowest BCUT2D eigenvalue weighted by Crippen LogP contribution is -2.35. The lowest BCUT2D eigenvalue weighted by Gasteiger charge is -2.23. The minimum absolute atomic E-state index is 0.0516. The van der Waals surface area contributed by atoms with Crippen LogP contribution in [-0.2, 0) is 20.9 Å². The monoisotopic (exact) mass is 429 g/mol. The molecular formula is C27H27NO4. The molecule has 0 aliphatic carbocycles. The molecule has 4 rings (SSSR count). The van der Waals surface area contributed by atoms with Gasteiger partial charge in [0, 0.05) is 13.0 Å². The summed E-state index contributed by atoms with van der Waals surface area (Å²) in [5, 5.41) is 0. The molecule has 0 N–H and O–H groups in total. The highest BCUT2D eigenvalue weighted by molar-refractivity contribution is 5.94. The van der Waals surface area contributed by atoms with E-state index in [1.165, 1.54) is 4.90 Å². The third kappa shape index (κ3) is 5.42. The van der Waals surface area contributed by atoms with Crippen molar-refractivity contribution in [2.45, 2.75) is 31.4 Å². The van der Waals surface area contributed by atoms with Gasteiger partial charge in [0.1, 0.15) is 12.6 Å². The fourth-order valence-corrected chi connectivity index (χ4v) is 4.03. The lowest BCUT2D eigenvalue weighted by atomic mass is 9.92. The third-order valence-electron chi connectivity index (χ3n) is 5.74. The number of carbonyl (C=O) groups excluding carboxylic acids is 2. The van der Waals surface area contributed by atoms with Gasteiger partial charge in [-0.3, -0.25) is 4.79 Å². The normalized spacial score (nSPS) is 16.6. The Morgan fingerprint density at radius 1 is 0.938 bits per heavy atom. The predicted octanol–water partition coefficient (Wildman–Crippen LogP) is 5.49. The molecule has 3 aromatic rings. The van der Waals surface area contributed by atoms with Crippen LogP contribution in [0, 0.1) is 0 Å². The van der Waals surface area contributed by atoms with Gasteiger partial charge in [0.2, 0.25) is 5.91 Å². The molecular weight excluding hydrogens is 402 g/mol. The van der Waals surface area contributed by atoms with Crippen molar-refractivity contribution in [3.8, 4) is 0 Å². The number of ether oxygens (including phenoxy) is 2. The van der Waals surface area contributed by atoms with Crippen LogP contribution in [0.25, 0.3) is 0 Å². The summed E-state index contributed by atoms with van der Waals surface area (Å²) in [4.78, 5) is 26.9. The summed E-state index contributed by atoms with van der Waals surface area (Å²) in [5.41, 5.74) is 3.08. The van der Waals surface area contributed by atoms with Crippen molar-refractivity contribution in [2.75, 3.05) is 13.2 Å². The summed E-state index contributed by atoms with van der Waals surface area (Å²) in [5.74, 6) is -0.275. The Morgan fingerprint density at radius 2 is 1.56 bits per heavy atom. The fourth-order valence-electron chi connectivity index (χ4n) is 4.03. The molecule has 0 aromatic heterocycles. The Morgan fingerprint density at radius 3 is 2.25 bits per heavy atom. The zero-order chi connectivity index (χ0) is 22.2. The maximum absolute atomic E-state index is 13.3. The molecule has 0 unspecified atom stereocenters. The zero-order valence-electron chi connectivity index (χ0n) is 17.9. The van der Waals surface area contributed by atoms with Gasteiger partial charge < -0.3 is 9.47 Å². The molecule has 32 heavy (non-hydrogen) atoms. The third-order valence-corrected chi connectivity index (χ3v) is 5.74. The van der Waals surface area contributed by atoms with E-state index < -0.39 is 6.09 Å². The van der Waals surface area contributed by atoms with Gasteiger partial charge in [0.15, 0.2) is 0 Å². The molecule has 1 heterocycles. The van der Waals surface area contributed by atoms with Crippen LogP contribution in [0.2, 0.25) is 0 Å². The van der Waals surface area contributed by atoms with E-state index in [1.54, 1.807) is 0 Å². The minimum atomic E-state index is -0.573. The topological polar surface area (TPSA) is 55.8 Å². The second-order valence-corrected chi connectivity index (χ2v) is 7.91. The number of imide groups is 1. The maximum Gasteiger partial charge on any atom is 0.417 e. The number of hydrogen-bond donors (Lipinski definition) is 0. The van der Waals surface area contributed by atoms with Gasteiger partial charge >= 0.3 is 6.09 Å². The van der Waals surface area contributed by atoms with Gasteiger partial charge in [-0.05, 0) is 29.0 Å². The molecule has 2 amide bonds. The molecule has 164 valence electrons. The zero-order valence-corrected chi connectivity index (χ0v) is 17.9. The van der Waals surface area contributed by atoms with E-state index in [4.69, 9.17) is 9.47 Å². The number of cyclic esters (lactones) is 1. The van der Waals surface area contributed by atoms with Gasteiger partial charge in [0.05, 0.1) is 6.61 Å². The van der Waals surface area contributed by atoms with E-state index >= 15 is 0 Å². The molecule has 5 heteroatoms. The summed E-state index contributed by atoms with van der Waals surface area (Å²) in [6, 6.07) is 29.1. The average molecular weight is 430 g/mol. The predicted molar refractivity (Wildman–Crippen MR) is 122 cm³/mol. The van der Waals surface area contributed by atoms with Crippen molar-refractivity contribution in [2.24, 2.45) is 0 Å². The second-order valence-electron chi connectivity index (χ2n) is 7.91. The maximum atomic E-state index is 13.3. The number of carbonyl (C=O) groups is 2. The van der Waals surface area contributed by atoms with E-state index in [9.17, 15) is 9.59 Å². The molecule has 5 nitrogen and oxygen atoms in total. The van der Waals surface area contributed by atoms with Crippen LogP contribution < -0.4 is 0 Å². The van der Waals surface area contributed by atoms with Crippen LogP contribution in [-0.4, -0.2) is 30.1 Å². The van der Waals surface area contributed by atoms with Crippen LogP contribution in [0.3, 0.4) is 0 Å². The highest BCUT2D eigenvalue weighted by Crippen LogP contribution is 2.31. The number of amides is 2. The van der Waals surface area contributed by atoms with E-state index in [0.717, 1.165) is 16.7 Å². The summed E-state index contributed by atoms with van der Waals surface area (Å²) >= 11 is 0. The smallest absolute Gasteiger partial charge is 0.417 e. The highest BCUT2D eigenvalue weighted by Gasteiger charge is 2.39. The van der Waals surface area contributed by atoms with Crippen LogP contribution in [0.4, 0.5) is 4.79 Å². The van der Waals surface area contributed by atoms with Crippen molar-refractivity contribution in [1.29, 1.82) is 0 Å². The van der Waals surface area contributed by atoms with E-state index in [2.05, 4.69) is 0 Å². The summed E-state index contributed by atoms with van der Waals surface area (Å²) < 4.78 is 11.1. The molecule has 0 radical (unpaired) electrons. The van der Waals surface area contributed by atoms with E-state index in [-0.39, 0.29) is 30.9 Å². The van der Waals surface area contributed by atoms with Gasteiger partial charge in [-0.2, -0.15) is 0 Å². The summed E-state index contributed by atoms with van der Waals surface area (Å²) in [7, 11) is 0. The molecule has 0 spiro atoms. The fraction of sp³-hybridized carbons (Fsp3) is 0.259. The van der Waals surface area contributed by atoms with E-state index in [1.807, 2.05) is 91.0 Å². The van der Waals surface area contributed by atoms with Crippen molar-refractivity contribution >= 4 is 12.0 Å².